The van der Waals surface area contributed by atoms with Gasteiger partial charge in [-0.25, -0.2) is 0 Å². The van der Waals surface area contributed by atoms with Crippen LogP contribution in [0.1, 0.15) is 254 Å². The van der Waals surface area contributed by atoms with Gasteiger partial charge in [-0.3, -0.25) is 4.99 Å². The standard InChI is InChI=1S/C15H22O.C15H20O.2C14H20O.C13H17NO.CH4/c1-3-15(2)10-8-13(9-11-15)12-4-6-14(16)7-5-12;1-2-3-12-4-6-13(7-5-12)14-8-10-15(16)11-9-14;1-14(2)9-7-12(8-10-14)11-3-5-13(15)6-4-11;1-2-11-3-5-12(6-4-11)13-7-9-14(15)10-8-13;1-14-12-6-2-10(3-7-12)11-4-8-13(15)9-5-11;/h4-7,13,16H,3,8-11H2,1-2H3;3,8-11,13,16H,2,4-7H2,1H3;3-6,12,15H,7-10H2,1-2H3;7-12,15H,2-6H2,1H3;4-5,8-10,15H,2-3,6-7H2,1H3;1H4. The molecule has 426 valence electrons. The number of benzene rings is 5. The third-order valence-corrected chi connectivity index (χ3v) is 18.6. The van der Waals surface area contributed by atoms with Gasteiger partial charge in [-0.05, 0) is 270 Å². The lowest BCUT2D eigenvalue weighted by atomic mass is 9.69. The first-order valence-electron chi connectivity index (χ1n) is 30.1. The van der Waals surface area contributed by atoms with Gasteiger partial charge in [0, 0.05) is 12.8 Å². The molecule has 0 aromatic heterocycles. The minimum Gasteiger partial charge on any atom is -0.508 e. The Morgan fingerprint density at radius 2 is 0.705 bits per heavy atom. The third kappa shape index (κ3) is 20.6. The molecule has 5 N–H and O–H groups in total. The molecule has 5 aromatic rings. The minimum atomic E-state index is 0. The normalized spacial score (nSPS) is 23.8. The fourth-order valence-electron chi connectivity index (χ4n) is 12.7. The summed E-state index contributed by atoms with van der Waals surface area (Å²) in [6.45, 7) is 14.0. The van der Waals surface area contributed by atoms with E-state index in [1.165, 1.54) is 168 Å². The van der Waals surface area contributed by atoms with Crippen LogP contribution in [0.25, 0.3) is 0 Å². The summed E-state index contributed by atoms with van der Waals surface area (Å²) >= 11 is 0. The Hall–Kier alpha value is -5.49. The molecule has 6 heteroatoms. The Morgan fingerprint density at radius 1 is 0.410 bits per heavy atom. The Morgan fingerprint density at radius 3 is 1.00 bits per heavy atom. The van der Waals surface area contributed by atoms with Crippen LogP contribution in [0.3, 0.4) is 0 Å². The number of nitrogens with zero attached hydrogens (tertiary/aromatic N) is 1. The van der Waals surface area contributed by atoms with Gasteiger partial charge in [0.25, 0.3) is 0 Å². The molecule has 0 unspecified atom stereocenters. The van der Waals surface area contributed by atoms with E-state index < -0.39 is 0 Å². The Balaban J connectivity index is 0.000000179. The average molecular weight is 1060 g/mol. The van der Waals surface area contributed by atoms with Crippen LogP contribution in [0, 0.1) is 16.7 Å². The lowest BCUT2D eigenvalue weighted by Gasteiger charge is -2.36. The van der Waals surface area contributed by atoms with E-state index in [0.29, 0.717) is 63.2 Å². The van der Waals surface area contributed by atoms with Crippen LogP contribution in [0.2, 0.25) is 0 Å². The molecule has 0 saturated heterocycles. The Labute approximate surface area is 473 Å². The van der Waals surface area contributed by atoms with Crippen LogP contribution in [0.5, 0.6) is 28.7 Å². The zero-order chi connectivity index (χ0) is 55.2. The van der Waals surface area contributed by atoms with Gasteiger partial charge in [0.15, 0.2) is 0 Å². The topological polar surface area (TPSA) is 114 Å². The van der Waals surface area contributed by atoms with E-state index in [9.17, 15) is 25.5 Å². The van der Waals surface area contributed by atoms with E-state index in [0.717, 1.165) is 24.7 Å². The quantitative estimate of drug-likeness (QED) is 0.0994. The maximum atomic E-state index is 9.28. The first-order valence-corrected chi connectivity index (χ1v) is 30.1. The largest absolute Gasteiger partial charge is 0.508 e. The summed E-state index contributed by atoms with van der Waals surface area (Å²) in [7, 11) is 1.89. The van der Waals surface area contributed by atoms with Crippen LogP contribution in [0.4, 0.5) is 0 Å². The van der Waals surface area contributed by atoms with E-state index in [2.05, 4.69) is 101 Å². The van der Waals surface area contributed by atoms with Crippen LogP contribution in [-0.2, 0) is 0 Å². The number of rotatable bonds is 8. The molecule has 10 rings (SSSR count). The summed E-state index contributed by atoms with van der Waals surface area (Å²) in [4.78, 5) is 4.27. The van der Waals surface area contributed by atoms with Crippen LogP contribution < -0.4 is 0 Å². The second-order valence-electron chi connectivity index (χ2n) is 24.6. The van der Waals surface area contributed by atoms with Crippen molar-refractivity contribution in [2.75, 3.05) is 7.05 Å². The summed E-state index contributed by atoms with van der Waals surface area (Å²) in [5, 5.41) is 46.2. The summed E-state index contributed by atoms with van der Waals surface area (Å²) in [5.41, 5.74) is 11.0. The number of aliphatic imine (C=N–C) groups is 1. The molecule has 5 fully saturated rings. The number of hydrogen-bond acceptors (Lipinski definition) is 6. The van der Waals surface area contributed by atoms with Gasteiger partial charge >= 0.3 is 0 Å². The molecular formula is C72H103NO5. The molecule has 0 spiro atoms. The molecule has 5 saturated carbocycles. The zero-order valence-electron chi connectivity index (χ0n) is 48.5. The van der Waals surface area contributed by atoms with Crippen molar-refractivity contribution < 1.29 is 25.5 Å². The lowest BCUT2D eigenvalue weighted by Crippen LogP contribution is -2.22. The highest BCUT2D eigenvalue weighted by Crippen LogP contribution is 2.46. The summed E-state index contributed by atoms with van der Waals surface area (Å²) in [6, 6.07) is 38.6. The van der Waals surface area contributed by atoms with Crippen LogP contribution in [0.15, 0.2) is 138 Å². The van der Waals surface area contributed by atoms with Crippen molar-refractivity contribution >= 4 is 5.71 Å². The van der Waals surface area contributed by atoms with Crippen molar-refractivity contribution in [1.82, 2.24) is 0 Å². The third-order valence-electron chi connectivity index (χ3n) is 18.6. The molecule has 6 nitrogen and oxygen atoms in total. The van der Waals surface area contributed by atoms with Gasteiger partial charge in [0.2, 0.25) is 0 Å². The number of aromatic hydroxyl groups is 5. The molecule has 0 heterocycles. The first kappa shape index (κ1) is 63.3. The van der Waals surface area contributed by atoms with Gasteiger partial charge in [0.1, 0.15) is 28.7 Å². The van der Waals surface area contributed by atoms with E-state index in [1.807, 2.05) is 31.3 Å². The molecule has 0 radical (unpaired) electrons. The molecule has 0 bridgehead atoms. The van der Waals surface area contributed by atoms with Crippen molar-refractivity contribution in [2.24, 2.45) is 21.7 Å². The van der Waals surface area contributed by atoms with Crippen LogP contribution in [-0.4, -0.2) is 38.3 Å². The maximum absolute atomic E-state index is 9.28. The monoisotopic (exact) mass is 1060 g/mol. The summed E-state index contributed by atoms with van der Waals surface area (Å²) in [6.07, 6.45) is 31.7. The van der Waals surface area contributed by atoms with Gasteiger partial charge in [-0.15, -0.1) is 0 Å². The highest BCUT2D eigenvalue weighted by molar-refractivity contribution is 5.85. The predicted molar refractivity (Wildman–Crippen MR) is 331 cm³/mol. The van der Waals surface area contributed by atoms with Crippen molar-refractivity contribution in [3.8, 4) is 28.7 Å². The summed E-state index contributed by atoms with van der Waals surface area (Å²) < 4.78 is 0. The number of allylic oxidation sites excluding steroid dienone is 2. The van der Waals surface area contributed by atoms with E-state index >= 15 is 0 Å². The molecule has 5 aliphatic carbocycles. The van der Waals surface area contributed by atoms with Gasteiger partial charge in [-0.2, -0.15) is 0 Å². The fourth-order valence-corrected chi connectivity index (χ4v) is 12.7. The lowest BCUT2D eigenvalue weighted by molar-refractivity contribution is 0.191. The second-order valence-corrected chi connectivity index (χ2v) is 24.6. The zero-order valence-corrected chi connectivity index (χ0v) is 48.5. The fraction of sp³-hybridized carbons (Fsp3) is 0.542. The highest BCUT2D eigenvalue weighted by Gasteiger charge is 2.30. The van der Waals surface area contributed by atoms with E-state index in [-0.39, 0.29) is 7.43 Å². The van der Waals surface area contributed by atoms with E-state index in [1.54, 1.807) is 54.1 Å². The SMILES string of the molecule is C.CC1(C)CCC(c2ccc(O)cc2)CC1.CCC1(C)CCC(c2ccc(O)cc2)CC1.CCC1CCC(c2ccc(O)cc2)CC1.CCC=C1CCC(c2ccc(O)cc2)CC1.CN=C1CCC(c2ccc(O)cc2)CC1. The van der Waals surface area contributed by atoms with Crippen molar-refractivity contribution in [2.45, 2.75) is 226 Å². The van der Waals surface area contributed by atoms with Gasteiger partial charge < -0.3 is 25.5 Å². The van der Waals surface area contributed by atoms with Gasteiger partial charge in [-0.1, -0.05) is 134 Å². The Kier molecular flexibility index (Phi) is 25.9. The number of phenolic OH excluding ortho intramolecular Hbond substituents is 5. The molecule has 5 aliphatic rings. The average Bonchev–Trinajstić information content (AvgIpc) is 3.46. The Bertz CT molecular complexity index is 2460. The van der Waals surface area contributed by atoms with Crippen LogP contribution >= 0.6 is 0 Å². The molecule has 0 atom stereocenters. The molecule has 5 aromatic carbocycles. The predicted octanol–water partition coefficient (Wildman–Crippen LogP) is 20.8. The van der Waals surface area contributed by atoms with Crippen molar-refractivity contribution in [1.29, 1.82) is 0 Å². The maximum Gasteiger partial charge on any atom is 0.115 e. The number of phenols is 5. The van der Waals surface area contributed by atoms with Crippen molar-refractivity contribution in [3.63, 3.8) is 0 Å². The summed E-state index contributed by atoms with van der Waals surface area (Å²) in [5.74, 6) is 6.28. The minimum absolute atomic E-state index is 0. The number of hydrogen-bond donors (Lipinski definition) is 5. The first-order chi connectivity index (χ1) is 37.1. The smallest absolute Gasteiger partial charge is 0.115 e. The van der Waals surface area contributed by atoms with Crippen molar-refractivity contribution in [3.05, 3.63) is 161 Å². The van der Waals surface area contributed by atoms with Gasteiger partial charge in [0.05, 0.1) is 0 Å². The molecule has 78 heavy (non-hydrogen) atoms. The molecular weight excluding hydrogens is 959 g/mol. The second kappa shape index (κ2) is 31.9. The van der Waals surface area contributed by atoms with E-state index in [4.69, 9.17) is 0 Å². The molecule has 0 aliphatic heterocycles. The highest BCUT2D eigenvalue weighted by atomic mass is 16.3. The molecule has 0 amide bonds.